The smallest absolute Gasteiger partial charge is 0.225 e. The van der Waals surface area contributed by atoms with Gasteiger partial charge in [0.15, 0.2) is 0 Å². The number of hydrogen-bond acceptors (Lipinski definition) is 19. The van der Waals surface area contributed by atoms with Crippen LogP contribution in [0.25, 0.3) is 0 Å². The van der Waals surface area contributed by atoms with Crippen molar-refractivity contribution in [2.45, 2.75) is 199 Å². The van der Waals surface area contributed by atoms with Gasteiger partial charge in [-0.2, -0.15) is 9.90 Å². The molecule has 127 heavy (non-hydrogen) atoms. The van der Waals surface area contributed by atoms with E-state index in [1.807, 2.05) is 152 Å². The maximum atomic E-state index is 13.3. The third-order valence-electron chi connectivity index (χ3n) is 24.1. The standard InChI is InChI=1S/3C27H35Cl2N3O3.C16H25ClN2O2.H3P/c3*1-18(2)35-25-10-5-19(15-23(25)29)26(33)24(17-31-12-3-4-13-31)30-27(34)20-11-14-32(16-20)22-8-6-21(28)7-9-22;1-11(2)21-15-6-5-12(9-13(15)17)16(20)14(18)10-19-7-3-4-8-19;/h3*5-10,15,18,20,24,26,33H,3-4,11-14,16-17H2,1-2H3,(H,30,34);5-6,9,11,14,16,20H,3-4,7-8,10,18H2,1-2H3;1H3/t20?,24-,26-;20-,24+,26+;20-,24-,26-;14-,16-;/m1011./s1. The second-order valence-electron chi connectivity index (χ2n) is 35.5. The molecule has 7 aliphatic heterocycles. The summed E-state index contributed by atoms with van der Waals surface area (Å²) in [6.45, 7) is 30.5. The molecule has 7 aliphatic rings. The van der Waals surface area contributed by atoms with Crippen molar-refractivity contribution in [2.24, 2.45) is 23.5 Å². The average molecular weight is 1910 g/mol. The Morgan fingerprint density at radius 2 is 0.559 bits per heavy atom. The Kier molecular flexibility index (Phi) is 40.9. The number of aliphatic hydroxyl groups is 4. The number of carbonyl (C=O) groups excluding carboxylic acids is 3. The first-order chi connectivity index (χ1) is 60.4. The van der Waals surface area contributed by atoms with Crippen molar-refractivity contribution >= 4 is 126 Å². The number of ether oxygens (including phenoxy) is 4. The summed E-state index contributed by atoms with van der Waals surface area (Å²) in [6, 6.07) is 43.0. The third kappa shape index (κ3) is 31.1. The van der Waals surface area contributed by atoms with Crippen LogP contribution in [-0.2, 0) is 14.4 Å². The zero-order chi connectivity index (χ0) is 90.3. The molecule has 7 saturated heterocycles. The predicted octanol–water partition coefficient (Wildman–Crippen LogP) is 17.4. The predicted molar refractivity (Wildman–Crippen MR) is 522 cm³/mol. The van der Waals surface area contributed by atoms with Crippen LogP contribution >= 0.6 is 91.1 Å². The number of anilines is 3. The van der Waals surface area contributed by atoms with Gasteiger partial charge in [0.2, 0.25) is 17.7 Å². The van der Waals surface area contributed by atoms with Crippen LogP contribution in [0.1, 0.15) is 173 Å². The Hall–Kier alpha value is -6.35. The minimum atomic E-state index is -0.876. The fourth-order valence-corrected chi connectivity index (χ4v) is 18.7. The van der Waals surface area contributed by atoms with Crippen LogP contribution in [-0.4, -0.2) is 224 Å². The summed E-state index contributed by atoms with van der Waals surface area (Å²) in [6.07, 6.45) is 8.34. The molecule has 0 radical (unpaired) electrons. The summed E-state index contributed by atoms with van der Waals surface area (Å²) in [7, 11) is 0. The number of rotatable bonds is 33. The molecule has 30 heteroatoms. The molecule has 3 amide bonds. The lowest BCUT2D eigenvalue weighted by molar-refractivity contribution is -0.127. The monoisotopic (exact) mass is 1900 g/mol. The van der Waals surface area contributed by atoms with Crippen molar-refractivity contribution < 1.29 is 53.8 Å². The number of aliphatic hydroxyl groups excluding tert-OH is 4. The molecule has 696 valence electrons. The summed E-state index contributed by atoms with van der Waals surface area (Å²) in [5.74, 6) is 1.94. The highest BCUT2D eigenvalue weighted by Gasteiger charge is 2.38. The highest BCUT2D eigenvalue weighted by molar-refractivity contribution is 6.92. The van der Waals surface area contributed by atoms with E-state index in [-0.39, 0.29) is 75.8 Å². The van der Waals surface area contributed by atoms with Gasteiger partial charge in [-0.15, -0.1) is 0 Å². The molecule has 7 fully saturated rings. The molecular formula is C97H133Cl7N11O11P. The van der Waals surface area contributed by atoms with Gasteiger partial charge in [0.1, 0.15) is 41.3 Å². The van der Waals surface area contributed by atoms with Gasteiger partial charge in [0.25, 0.3) is 0 Å². The van der Waals surface area contributed by atoms with Crippen LogP contribution in [0.3, 0.4) is 0 Å². The van der Waals surface area contributed by atoms with Crippen molar-refractivity contribution in [3.8, 4) is 23.0 Å². The van der Waals surface area contributed by atoms with E-state index in [9.17, 15) is 34.8 Å². The van der Waals surface area contributed by atoms with Crippen molar-refractivity contribution in [3.05, 3.63) is 203 Å². The highest BCUT2D eigenvalue weighted by Crippen LogP contribution is 2.38. The quantitative estimate of drug-likeness (QED) is 0.0178. The summed E-state index contributed by atoms with van der Waals surface area (Å²) in [4.78, 5) is 55.8. The van der Waals surface area contributed by atoms with Crippen molar-refractivity contribution in [2.75, 3.05) is 133 Å². The average Bonchev–Trinajstić information content (AvgIpc) is 1.63. The van der Waals surface area contributed by atoms with Crippen LogP contribution in [0.5, 0.6) is 23.0 Å². The number of nitrogens with one attached hydrogen (secondary N) is 3. The number of hydrogen-bond donors (Lipinski definition) is 8. The van der Waals surface area contributed by atoms with E-state index in [1.54, 1.807) is 48.5 Å². The topological polar surface area (TPSA) is 254 Å². The van der Waals surface area contributed by atoms with E-state index in [1.165, 1.54) is 12.8 Å². The molecule has 2 unspecified atom stereocenters. The number of halogens is 7. The van der Waals surface area contributed by atoms with Crippen molar-refractivity contribution in [1.82, 2.24) is 35.6 Å². The molecule has 7 heterocycles. The molecule has 0 aromatic heterocycles. The van der Waals surface area contributed by atoms with E-state index in [4.69, 9.17) is 106 Å². The highest BCUT2D eigenvalue weighted by atomic mass is 35.5. The number of nitrogens with zero attached hydrogens (tertiary/aromatic N) is 7. The fraction of sp³-hybridized carbons (Fsp3) is 0.536. The maximum absolute atomic E-state index is 13.3. The minimum Gasteiger partial charge on any atom is -0.489 e. The van der Waals surface area contributed by atoms with Gasteiger partial charge in [0, 0.05) is 104 Å². The number of nitrogens with two attached hydrogens (primary N) is 1. The molecule has 9 N–H and O–H groups in total. The van der Waals surface area contributed by atoms with Gasteiger partial charge >= 0.3 is 0 Å². The Morgan fingerprint density at radius 1 is 0.339 bits per heavy atom. The second kappa shape index (κ2) is 50.5. The van der Waals surface area contributed by atoms with Crippen molar-refractivity contribution in [3.63, 3.8) is 0 Å². The Labute approximate surface area is 790 Å². The first-order valence-corrected chi connectivity index (χ1v) is 47.7. The Balaban J connectivity index is 0.000000179. The van der Waals surface area contributed by atoms with E-state index in [2.05, 4.69) is 50.2 Å². The van der Waals surface area contributed by atoms with Gasteiger partial charge in [-0.3, -0.25) is 14.4 Å². The lowest BCUT2D eigenvalue weighted by Gasteiger charge is -2.30. The zero-order valence-electron chi connectivity index (χ0n) is 74.7. The number of amides is 3. The van der Waals surface area contributed by atoms with Crippen LogP contribution in [0.2, 0.25) is 35.2 Å². The van der Waals surface area contributed by atoms with Gasteiger partial charge in [-0.1, -0.05) is 105 Å². The first-order valence-electron chi connectivity index (χ1n) is 45.0. The number of likely N-dealkylation sites (tertiary alicyclic amines) is 4. The van der Waals surface area contributed by atoms with Gasteiger partial charge in [-0.05, 0) is 322 Å². The van der Waals surface area contributed by atoms with E-state index < -0.39 is 42.5 Å². The summed E-state index contributed by atoms with van der Waals surface area (Å²) < 4.78 is 22.8. The second-order valence-corrected chi connectivity index (χ2v) is 38.4. The minimum absolute atomic E-state index is 0. The van der Waals surface area contributed by atoms with E-state index >= 15 is 0 Å². The lowest BCUT2D eigenvalue weighted by atomic mass is 10.00. The first kappa shape index (κ1) is 103. The van der Waals surface area contributed by atoms with Gasteiger partial charge < -0.3 is 95.4 Å². The molecule has 12 atom stereocenters. The van der Waals surface area contributed by atoms with Gasteiger partial charge in [-0.25, -0.2) is 0 Å². The fourth-order valence-electron chi connectivity index (χ4n) is 17.4. The zero-order valence-corrected chi connectivity index (χ0v) is 81.4. The summed E-state index contributed by atoms with van der Waals surface area (Å²) >= 11 is 43.6. The Morgan fingerprint density at radius 3 is 0.780 bits per heavy atom. The molecular weight excluding hydrogens is 1770 g/mol. The van der Waals surface area contributed by atoms with Crippen LogP contribution < -0.4 is 55.3 Å². The SMILES string of the molecule is CC(C)Oc1ccc([C@@H](O)[C@@H](CN2CCCC2)NC(=O)C2CCN(c3ccc(Cl)cc3)C2)cc1Cl.CC(C)Oc1ccc([C@@H](O)[C@@H](CN2CCCC2)NC(=O)[C@@H]2CCN(c3ccc(Cl)cc3)C2)cc1Cl.CC(C)Oc1ccc([C@@H](O)[C@@H](CN2CCCC2)NC(=O)[C@H]2CCN(c3ccc(Cl)cc3)C2)cc1Cl.CC(C)Oc1ccc([C@@H](O)[C@H](N)CN2CCCC2)cc1Cl.P. The molecule has 7 aromatic carbocycles. The van der Waals surface area contributed by atoms with Crippen LogP contribution in [0.4, 0.5) is 17.1 Å². The summed E-state index contributed by atoms with van der Waals surface area (Å²) in [5, 5.41) is 57.9. The third-order valence-corrected chi connectivity index (χ3v) is 26.0. The van der Waals surface area contributed by atoms with Crippen molar-refractivity contribution in [1.29, 1.82) is 0 Å². The van der Waals surface area contributed by atoms with E-state index in [0.29, 0.717) is 121 Å². The maximum Gasteiger partial charge on any atom is 0.225 e. The molecule has 0 aliphatic carbocycles. The normalized spacial score (nSPS) is 19.9. The number of carbonyl (C=O) groups is 3. The number of benzene rings is 7. The molecule has 0 saturated carbocycles. The lowest BCUT2D eigenvalue weighted by Crippen LogP contribution is -2.48. The van der Waals surface area contributed by atoms with Gasteiger partial charge in [0.05, 0.1) is 86.5 Å². The largest absolute Gasteiger partial charge is 0.489 e. The van der Waals surface area contributed by atoms with Crippen LogP contribution in [0.15, 0.2) is 146 Å². The molecule has 0 bridgehead atoms. The molecule has 14 rings (SSSR count). The van der Waals surface area contributed by atoms with Crippen LogP contribution in [0, 0.1) is 17.8 Å². The molecule has 0 spiro atoms. The molecule has 7 aromatic rings. The summed E-state index contributed by atoms with van der Waals surface area (Å²) in [5.41, 5.74) is 12.1. The Bertz CT molecular complexity index is 4190. The van der Waals surface area contributed by atoms with E-state index in [0.717, 1.165) is 152 Å². The molecule has 22 nitrogen and oxygen atoms in total.